The van der Waals surface area contributed by atoms with Crippen molar-refractivity contribution in [3.8, 4) is 5.88 Å². The number of hydrogen-bond donors (Lipinski definition) is 0. The van der Waals surface area contributed by atoms with E-state index >= 15 is 0 Å². The van der Waals surface area contributed by atoms with Gasteiger partial charge in [-0.3, -0.25) is 0 Å². The molecule has 0 unspecified atom stereocenters. The molecule has 0 bridgehead atoms. The molecule has 61 valence electrons. The third-order valence-corrected chi connectivity index (χ3v) is 1.35. The Morgan fingerprint density at radius 1 is 1.42 bits per heavy atom. The predicted octanol–water partition coefficient (Wildman–Crippen LogP) is 0.0392. The maximum absolute atomic E-state index is 10.5. The fraction of sp³-hybridized carbons (Fsp3) is 0.167. The van der Waals surface area contributed by atoms with E-state index < -0.39 is 10.1 Å². The molecule has 0 aromatic carbocycles. The molecule has 0 aliphatic carbocycles. The standard InChI is InChI=1S/C6H7NO3S.Na/c1-11(8,9)10-6-4-2-3-5-7-6;/h2-5H,1H3;. The molecular weight excluding hydrogens is 189 g/mol. The topological polar surface area (TPSA) is 56.3 Å². The number of nitrogens with zero attached hydrogens (tertiary/aromatic N) is 1. The Labute approximate surface area is 93.4 Å². The van der Waals surface area contributed by atoms with Crippen LogP contribution in [-0.4, -0.2) is 49.2 Å². The van der Waals surface area contributed by atoms with Gasteiger partial charge in [0, 0.05) is 41.8 Å². The second kappa shape index (κ2) is 4.81. The van der Waals surface area contributed by atoms with E-state index in [1.54, 1.807) is 12.1 Å². The average Bonchev–Trinajstić information content (AvgIpc) is 1.85. The Kier molecular flexibility index (Phi) is 4.77. The van der Waals surface area contributed by atoms with Gasteiger partial charge in [0.05, 0.1) is 6.26 Å². The van der Waals surface area contributed by atoms with Crippen molar-refractivity contribution in [2.75, 3.05) is 6.26 Å². The summed E-state index contributed by atoms with van der Waals surface area (Å²) in [4.78, 5) is 3.66. The minimum absolute atomic E-state index is 0. The number of hydrogen-bond acceptors (Lipinski definition) is 4. The Morgan fingerprint density at radius 2 is 2.08 bits per heavy atom. The van der Waals surface area contributed by atoms with Crippen LogP contribution in [0.3, 0.4) is 0 Å². The summed E-state index contributed by atoms with van der Waals surface area (Å²) in [7, 11) is -3.44. The molecule has 0 saturated heterocycles. The summed E-state index contributed by atoms with van der Waals surface area (Å²) in [5, 5.41) is 0. The van der Waals surface area contributed by atoms with Crippen molar-refractivity contribution in [2.24, 2.45) is 0 Å². The van der Waals surface area contributed by atoms with E-state index in [0.29, 0.717) is 0 Å². The molecule has 1 aromatic heterocycles. The van der Waals surface area contributed by atoms with Crippen LogP contribution in [0.4, 0.5) is 0 Å². The molecule has 0 aliphatic rings. The Balaban J connectivity index is 0.00000121. The molecule has 0 amide bonds. The first-order valence-electron chi connectivity index (χ1n) is 2.88. The van der Waals surface area contributed by atoms with Crippen molar-refractivity contribution in [1.82, 2.24) is 4.98 Å². The van der Waals surface area contributed by atoms with Crippen molar-refractivity contribution in [3.05, 3.63) is 24.4 Å². The van der Waals surface area contributed by atoms with E-state index in [1.807, 2.05) is 0 Å². The van der Waals surface area contributed by atoms with E-state index in [2.05, 4.69) is 9.17 Å². The Morgan fingerprint density at radius 3 is 2.50 bits per heavy atom. The summed E-state index contributed by atoms with van der Waals surface area (Å²) < 4.78 is 25.5. The quantitative estimate of drug-likeness (QED) is 0.495. The van der Waals surface area contributed by atoms with Gasteiger partial charge >= 0.3 is 10.1 Å². The maximum Gasteiger partial charge on any atom is 0.307 e. The summed E-state index contributed by atoms with van der Waals surface area (Å²) in [6.07, 6.45) is 2.43. The van der Waals surface area contributed by atoms with Crippen LogP contribution < -0.4 is 4.18 Å². The van der Waals surface area contributed by atoms with E-state index in [9.17, 15) is 8.42 Å². The van der Waals surface area contributed by atoms with Crippen LogP contribution in [0.15, 0.2) is 24.4 Å². The Bertz CT molecular complexity index is 324. The Hall–Kier alpha value is -0.100. The zero-order chi connectivity index (χ0) is 8.32. The van der Waals surface area contributed by atoms with E-state index in [4.69, 9.17) is 0 Å². The van der Waals surface area contributed by atoms with Crippen molar-refractivity contribution < 1.29 is 12.6 Å². The predicted molar refractivity (Wildman–Crippen MR) is 45.5 cm³/mol. The fourth-order valence-corrected chi connectivity index (χ4v) is 0.960. The van der Waals surface area contributed by atoms with Crippen LogP contribution >= 0.6 is 0 Å². The molecule has 4 nitrogen and oxygen atoms in total. The van der Waals surface area contributed by atoms with E-state index in [-0.39, 0.29) is 35.4 Å². The molecule has 1 radical (unpaired) electrons. The summed E-state index contributed by atoms with van der Waals surface area (Å²) in [5.74, 6) is 0.0926. The largest absolute Gasteiger partial charge is 0.362 e. The summed E-state index contributed by atoms with van der Waals surface area (Å²) in [5.41, 5.74) is 0. The zero-order valence-electron chi connectivity index (χ0n) is 6.89. The normalized spacial score (nSPS) is 10.1. The molecule has 12 heavy (non-hydrogen) atoms. The minimum atomic E-state index is -3.44. The van der Waals surface area contributed by atoms with Crippen molar-refractivity contribution >= 4 is 39.7 Å². The molecule has 0 spiro atoms. The third-order valence-electron chi connectivity index (χ3n) is 0.875. The van der Waals surface area contributed by atoms with Crippen LogP contribution in [0.25, 0.3) is 0 Å². The monoisotopic (exact) mass is 196 g/mol. The van der Waals surface area contributed by atoms with Gasteiger partial charge < -0.3 is 4.18 Å². The summed E-state index contributed by atoms with van der Waals surface area (Å²) >= 11 is 0. The molecule has 0 fully saturated rings. The van der Waals surface area contributed by atoms with Gasteiger partial charge in [-0.05, 0) is 6.07 Å². The van der Waals surface area contributed by atoms with Gasteiger partial charge in [0.25, 0.3) is 0 Å². The fourth-order valence-electron chi connectivity index (χ4n) is 0.551. The van der Waals surface area contributed by atoms with Crippen molar-refractivity contribution in [1.29, 1.82) is 0 Å². The van der Waals surface area contributed by atoms with Gasteiger partial charge in [0.15, 0.2) is 0 Å². The second-order valence-electron chi connectivity index (χ2n) is 1.96. The molecule has 0 atom stereocenters. The molecule has 6 heteroatoms. The SMILES string of the molecule is CS(=O)(=O)Oc1ccccn1.[Na]. The average molecular weight is 196 g/mol. The smallest absolute Gasteiger partial charge is 0.307 e. The van der Waals surface area contributed by atoms with Gasteiger partial charge in [-0.25, -0.2) is 4.98 Å². The minimum Gasteiger partial charge on any atom is -0.362 e. The molecule has 1 heterocycles. The van der Waals surface area contributed by atoms with Gasteiger partial charge in [-0.1, -0.05) is 6.07 Å². The molecule has 0 saturated carbocycles. The molecule has 0 N–H and O–H groups in total. The van der Waals surface area contributed by atoms with Gasteiger partial charge in [-0.15, -0.1) is 0 Å². The summed E-state index contributed by atoms with van der Waals surface area (Å²) in [6.45, 7) is 0. The van der Waals surface area contributed by atoms with Crippen molar-refractivity contribution in [2.45, 2.75) is 0 Å². The zero-order valence-corrected chi connectivity index (χ0v) is 9.71. The second-order valence-corrected chi connectivity index (χ2v) is 3.53. The number of aromatic nitrogens is 1. The van der Waals surface area contributed by atoms with Crippen LogP contribution in [0, 0.1) is 0 Å². The van der Waals surface area contributed by atoms with Gasteiger partial charge in [0.2, 0.25) is 5.88 Å². The molecular formula is C6H7NNaO3S. The third kappa shape index (κ3) is 4.71. The number of pyridine rings is 1. The first-order chi connectivity index (χ1) is 5.08. The number of rotatable bonds is 2. The summed E-state index contributed by atoms with van der Waals surface area (Å²) in [6, 6.07) is 4.80. The maximum atomic E-state index is 10.5. The first-order valence-corrected chi connectivity index (χ1v) is 4.70. The molecule has 1 aromatic rings. The van der Waals surface area contributed by atoms with Gasteiger partial charge in [-0.2, -0.15) is 8.42 Å². The van der Waals surface area contributed by atoms with Crippen molar-refractivity contribution in [3.63, 3.8) is 0 Å². The van der Waals surface area contributed by atoms with Crippen LogP contribution in [0.2, 0.25) is 0 Å². The first kappa shape index (κ1) is 11.9. The molecule has 0 aliphatic heterocycles. The van der Waals surface area contributed by atoms with Crippen LogP contribution in [0.5, 0.6) is 5.88 Å². The van der Waals surface area contributed by atoms with Crippen LogP contribution in [0.1, 0.15) is 0 Å². The van der Waals surface area contributed by atoms with E-state index in [1.165, 1.54) is 12.3 Å². The van der Waals surface area contributed by atoms with Crippen LogP contribution in [-0.2, 0) is 10.1 Å². The van der Waals surface area contributed by atoms with E-state index in [0.717, 1.165) is 6.26 Å². The van der Waals surface area contributed by atoms with Gasteiger partial charge in [0.1, 0.15) is 0 Å². The molecule has 1 rings (SSSR count).